The predicted molar refractivity (Wildman–Crippen MR) is 337 cm³/mol. The molecule has 77 heavy (non-hydrogen) atoms. The van der Waals surface area contributed by atoms with E-state index in [0.29, 0.717) is 17.4 Å². The second-order valence-electron chi connectivity index (χ2n) is 24.2. The van der Waals surface area contributed by atoms with Gasteiger partial charge in [-0.2, -0.15) is 0 Å². The van der Waals surface area contributed by atoms with E-state index < -0.39 is 20.0 Å². The maximum atomic E-state index is 13.0. The van der Waals surface area contributed by atoms with E-state index in [-0.39, 0.29) is 19.1 Å². The molecule has 0 radical (unpaired) electrons. The van der Waals surface area contributed by atoms with Gasteiger partial charge in [0.25, 0.3) is 0 Å². The first-order chi connectivity index (χ1) is 37.5. The Morgan fingerprint density at radius 1 is 0.442 bits per heavy atom. The van der Waals surface area contributed by atoms with Crippen molar-refractivity contribution in [1.82, 2.24) is 5.32 Å². The Morgan fingerprint density at radius 3 is 1.12 bits per heavy atom. The van der Waals surface area contributed by atoms with Crippen LogP contribution in [0.25, 0.3) is 0 Å². The Balaban J connectivity index is 4.13. The van der Waals surface area contributed by atoms with Gasteiger partial charge < -0.3 is 19.8 Å². The molecule has 0 fully saturated rings. The lowest BCUT2D eigenvalue weighted by molar-refractivity contribution is -0.870. The number of carbonyl (C=O) groups is 1. The molecule has 8 nitrogen and oxygen atoms in total. The second kappa shape index (κ2) is 59.1. The molecule has 0 saturated carbocycles. The maximum absolute atomic E-state index is 13.0. The topological polar surface area (TPSA) is 105 Å². The van der Waals surface area contributed by atoms with Gasteiger partial charge in [-0.05, 0) is 64.2 Å². The summed E-state index contributed by atoms with van der Waals surface area (Å²) in [6.07, 6.45) is 79.7. The van der Waals surface area contributed by atoms with Crippen LogP contribution >= 0.6 is 7.82 Å². The molecule has 0 spiro atoms. The van der Waals surface area contributed by atoms with Crippen LogP contribution < -0.4 is 5.32 Å². The highest BCUT2D eigenvalue weighted by molar-refractivity contribution is 7.47. The molecule has 0 aliphatic rings. The minimum Gasteiger partial charge on any atom is -0.387 e. The van der Waals surface area contributed by atoms with Crippen LogP contribution in [0.15, 0.2) is 48.6 Å². The normalized spacial score (nSPS) is 14.0. The molecule has 3 unspecified atom stereocenters. The smallest absolute Gasteiger partial charge is 0.387 e. The fourth-order valence-corrected chi connectivity index (χ4v) is 10.8. The third-order valence-electron chi connectivity index (χ3n) is 15.3. The molecule has 0 aromatic rings. The van der Waals surface area contributed by atoms with Crippen molar-refractivity contribution in [2.75, 3.05) is 40.9 Å². The molecule has 454 valence electrons. The number of aliphatic hydroxyl groups is 1. The largest absolute Gasteiger partial charge is 0.472 e. The van der Waals surface area contributed by atoms with Gasteiger partial charge in [0.2, 0.25) is 5.91 Å². The van der Waals surface area contributed by atoms with Crippen molar-refractivity contribution in [3.05, 3.63) is 48.6 Å². The molecule has 0 saturated heterocycles. The Hall–Kier alpha value is -1.54. The highest BCUT2D eigenvalue weighted by Gasteiger charge is 2.28. The fourth-order valence-electron chi connectivity index (χ4n) is 10.0. The summed E-state index contributed by atoms with van der Waals surface area (Å²) in [6.45, 7) is 4.83. The van der Waals surface area contributed by atoms with Gasteiger partial charge in [-0.3, -0.25) is 13.8 Å². The molecule has 0 rings (SSSR count). The van der Waals surface area contributed by atoms with E-state index in [1.54, 1.807) is 6.08 Å². The number of nitrogens with zero attached hydrogens (tertiary/aromatic N) is 1. The molecular weight excluding hydrogens is 972 g/mol. The van der Waals surface area contributed by atoms with Crippen LogP contribution in [-0.4, -0.2) is 73.4 Å². The average Bonchev–Trinajstić information content (AvgIpc) is 3.39. The van der Waals surface area contributed by atoms with Crippen LogP contribution in [0.1, 0.15) is 328 Å². The standard InChI is InChI=1S/C68H131N2O6P/c1-6-8-10-12-14-16-18-20-22-24-26-28-30-32-33-34-35-36-38-39-41-43-45-47-49-51-53-55-57-59-61-67(71)66(65-76-77(73,74)75-64-63-70(3,4)5)69-68(72)62-60-58-56-54-52-50-48-46-44-42-40-37-31-29-27-25-23-21-19-17-15-13-11-9-7-2/h19,21,25,27,51,53,59,61,66-67,71H,6-18,20,22-24,26,28-50,52,54-58,60,62-65H2,1-5H3,(H-,69,72,73,74)/p+1/b21-19-,27-25-,53-51+,61-59+. The number of aliphatic hydroxyl groups excluding tert-OH is 1. The van der Waals surface area contributed by atoms with E-state index in [1.807, 2.05) is 27.2 Å². The van der Waals surface area contributed by atoms with Gasteiger partial charge in [0.15, 0.2) is 0 Å². The van der Waals surface area contributed by atoms with Crippen LogP contribution in [-0.2, 0) is 18.4 Å². The van der Waals surface area contributed by atoms with E-state index in [0.717, 1.165) is 44.9 Å². The SMILES string of the molecule is CCCCCCC/C=C\C/C=C\CCCCCCCCCCCCCCCC(=O)NC(COP(=O)(O)OCC[N+](C)(C)C)C(O)/C=C/CC/C=C/CCCCCCCCCCCCCCCCCCCCCCCCCC. The van der Waals surface area contributed by atoms with Gasteiger partial charge in [-0.15, -0.1) is 0 Å². The molecule has 9 heteroatoms. The maximum Gasteiger partial charge on any atom is 0.472 e. The lowest BCUT2D eigenvalue weighted by Crippen LogP contribution is -2.45. The first-order valence-electron chi connectivity index (χ1n) is 33.5. The van der Waals surface area contributed by atoms with E-state index >= 15 is 0 Å². The fraction of sp³-hybridized carbons (Fsp3) is 0.868. The van der Waals surface area contributed by atoms with Crippen LogP contribution in [0.3, 0.4) is 0 Å². The Morgan fingerprint density at radius 2 is 0.753 bits per heavy atom. The molecule has 0 bridgehead atoms. The van der Waals surface area contributed by atoms with Crippen LogP contribution in [0.2, 0.25) is 0 Å². The molecule has 1 amide bonds. The van der Waals surface area contributed by atoms with Gasteiger partial charge in [-0.1, -0.05) is 306 Å². The molecule has 0 aliphatic heterocycles. The summed E-state index contributed by atoms with van der Waals surface area (Å²) in [6, 6.07) is -0.866. The zero-order chi connectivity index (χ0) is 56.3. The number of carbonyl (C=O) groups excluding carboxylic acids is 1. The molecule has 0 heterocycles. The number of quaternary nitrogens is 1. The summed E-state index contributed by atoms with van der Waals surface area (Å²) in [5, 5.41) is 14.0. The monoisotopic (exact) mass is 1100 g/mol. The lowest BCUT2D eigenvalue weighted by atomic mass is 10.0. The summed E-state index contributed by atoms with van der Waals surface area (Å²) in [5.41, 5.74) is 0. The highest BCUT2D eigenvalue weighted by Crippen LogP contribution is 2.43. The minimum atomic E-state index is -4.36. The molecule has 0 aromatic carbocycles. The predicted octanol–water partition coefficient (Wildman–Crippen LogP) is 21.1. The zero-order valence-electron chi connectivity index (χ0n) is 52.0. The number of likely N-dealkylation sites (N-methyl/N-ethyl adjacent to an activating group) is 1. The van der Waals surface area contributed by atoms with Crippen molar-refractivity contribution >= 4 is 13.7 Å². The minimum absolute atomic E-state index is 0.0561. The van der Waals surface area contributed by atoms with E-state index in [9.17, 15) is 19.4 Å². The molecule has 3 atom stereocenters. The number of hydrogen-bond donors (Lipinski definition) is 3. The summed E-state index contributed by atoms with van der Waals surface area (Å²) in [4.78, 5) is 23.4. The Labute approximate surface area is 479 Å². The van der Waals surface area contributed by atoms with Crippen molar-refractivity contribution in [2.45, 2.75) is 341 Å². The van der Waals surface area contributed by atoms with Gasteiger partial charge in [0, 0.05) is 6.42 Å². The Bertz CT molecular complexity index is 1390. The first-order valence-corrected chi connectivity index (χ1v) is 35.0. The van der Waals surface area contributed by atoms with E-state index in [1.165, 1.54) is 263 Å². The van der Waals surface area contributed by atoms with Crippen molar-refractivity contribution < 1.29 is 32.9 Å². The molecule has 0 aromatic heterocycles. The number of hydrogen-bond acceptors (Lipinski definition) is 5. The summed E-state index contributed by atoms with van der Waals surface area (Å²) in [5.74, 6) is -0.184. The number of amides is 1. The van der Waals surface area contributed by atoms with E-state index in [4.69, 9.17) is 9.05 Å². The van der Waals surface area contributed by atoms with Gasteiger partial charge >= 0.3 is 7.82 Å². The van der Waals surface area contributed by atoms with Gasteiger partial charge in [-0.25, -0.2) is 4.57 Å². The Kier molecular flexibility index (Phi) is 57.9. The van der Waals surface area contributed by atoms with Crippen molar-refractivity contribution in [2.24, 2.45) is 0 Å². The number of unbranched alkanes of at least 4 members (excludes halogenated alkanes) is 43. The van der Waals surface area contributed by atoms with Crippen LogP contribution in [0.4, 0.5) is 0 Å². The van der Waals surface area contributed by atoms with E-state index in [2.05, 4.69) is 55.6 Å². The second-order valence-corrected chi connectivity index (χ2v) is 25.6. The quantitative estimate of drug-likeness (QED) is 0.0243. The number of allylic oxidation sites excluding steroid dienone is 7. The third kappa shape index (κ3) is 61.9. The molecule has 3 N–H and O–H groups in total. The summed E-state index contributed by atoms with van der Waals surface area (Å²) < 4.78 is 23.8. The van der Waals surface area contributed by atoms with Crippen LogP contribution in [0, 0.1) is 0 Å². The highest BCUT2D eigenvalue weighted by atomic mass is 31.2. The summed E-state index contributed by atoms with van der Waals surface area (Å²) in [7, 11) is 1.56. The number of nitrogens with one attached hydrogen (secondary N) is 1. The number of phosphoric acid groups is 1. The number of rotatable bonds is 62. The first kappa shape index (κ1) is 75.5. The average molecular weight is 1100 g/mol. The molecule has 0 aliphatic carbocycles. The van der Waals surface area contributed by atoms with Gasteiger partial charge in [0.1, 0.15) is 13.2 Å². The third-order valence-corrected chi connectivity index (χ3v) is 16.3. The van der Waals surface area contributed by atoms with Crippen LogP contribution in [0.5, 0.6) is 0 Å². The van der Waals surface area contributed by atoms with Crippen molar-refractivity contribution in [1.29, 1.82) is 0 Å². The zero-order valence-corrected chi connectivity index (χ0v) is 52.9. The number of phosphoric ester groups is 1. The molecular formula is C68H132N2O6P+. The lowest BCUT2D eigenvalue weighted by Gasteiger charge is -2.25. The van der Waals surface area contributed by atoms with Crippen molar-refractivity contribution in [3.63, 3.8) is 0 Å². The summed E-state index contributed by atoms with van der Waals surface area (Å²) >= 11 is 0. The van der Waals surface area contributed by atoms with Gasteiger partial charge in [0.05, 0.1) is 39.9 Å². The van der Waals surface area contributed by atoms with Crippen molar-refractivity contribution in [3.8, 4) is 0 Å².